The second-order valence-corrected chi connectivity index (χ2v) is 5.01. The van der Waals surface area contributed by atoms with Crippen LogP contribution in [0.4, 0.5) is 0 Å². The SMILES string of the molecule is CCC(N)=O.c1ccc2c(c1)COC21CCNCC1. The molecule has 0 saturated carbocycles. The molecule has 0 radical (unpaired) electrons. The van der Waals surface area contributed by atoms with Crippen LogP contribution in [0, 0.1) is 0 Å². The van der Waals surface area contributed by atoms with Gasteiger partial charge in [0.25, 0.3) is 0 Å². The first-order valence-corrected chi connectivity index (χ1v) is 6.89. The lowest BCUT2D eigenvalue weighted by Crippen LogP contribution is -2.39. The van der Waals surface area contributed by atoms with Gasteiger partial charge in [0, 0.05) is 6.42 Å². The summed E-state index contributed by atoms with van der Waals surface area (Å²) < 4.78 is 6.01. The summed E-state index contributed by atoms with van der Waals surface area (Å²) in [6.07, 6.45) is 2.67. The van der Waals surface area contributed by atoms with Crippen molar-refractivity contribution < 1.29 is 9.53 Å². The van der Waals surface area contributed by atoms with Crippen LogP contribution in [-0.2, 0) is 21.7 Å². The number of amides is 1. The summed E-state index contributed by atoms with van der Waals surface area (Å²) in [4.78, 5) is 9.59. The molecule has 2 heterocycles. The van der Waals surface area contributed by atoms with Crippen LogP contribution in [0.5, 0.6) is 0 Å². The van der Waals surface area contributed by atoms with Gasteiger partial charge in [-0.2, -0.15) is 0 Å². The first kappa shape index (κ1) is 14.0. The summed E-state index contributed by atoms with van der Waals surface area (Å²) in [6.45, 7) is 4.68. The topological polar surface area (TPSA) is 64.4 Å². The Morgan fingerprint density at radius 2 is 2.00 bits per heavy atom. The van der Waals surface area contributed by atoms with Crippen molar-refractivity contribution in [2.45, 2.75) is 38.4 Å². The van der Waals surface area contributed by atoms with E-state index in [9.17, 15) is 4.79 Å². The first-order valence-electron chi connectivity index (χ1n) is 6.89. The van der Waals surface area contributed by atoms with E-state index in [1.54, 1.807) is 6.92 Å². The molecule has 0 aromatic heterocycles. The Morgan fingerprint density at radius 3 is 2.63 bits per heavy atom. The van der Waals surface area contributed by atoms with Crippen molar-refractivity contribution in [3.63, 3.8) is 0 Å². The predicted octanol–water partition coefficient (Wildman–Crippen LogP) is 1.68. The summed E-state index contributed by atoms with van der Waals surface area (Å²) in [5, 5.41) is 3.39. The third-order valence-corrected chi connectivity index (χ3v) is 3.77. The van der Waals surface area contributed by atoms with Crippen molar-refractivity contribution in [1.82, 2.24) is 5.32 Å². The number of benzene rings is 1. The van der Waals surface area contributed by atoms with E-state index in [1.807, 2.05) is 0 Å². The number of piperidine rings is 1. The summed E-state index contributed by atoms with van der Waals surface area (Å²) in [5.41, 5.74) is 7.51. The van der Waals surface area contributed by atoms with Gasteiger partial charge < -0.3 is 15.8 Å². The van der Waals surface area contributed by atoms with Gasteiger partial charge in [-0.15, -0.1) is 0 Å². The molecule has 1 saturated heterocycles. The fraction of sp³-hybridized carbons (Fsp3) is 0.533. The minimum atomic E-state index is -0.245. The number of primary amides is 1. The lowest BCUT2D eigenvalue weighted by Gasteiger charge is -2.33. The van der Waals surface area contributed by atoms with E-state index in [0.29, 0.717) is 6.42 Å². The molecule has 3 rings (SSSR count). The highest BCUT2D eigenvalue weighted by Gasteiger charge is 2.40. The van der Waals surface area contributed by atoms with E-state index in [0.717, 1.165) is 32.5 Å². The van der Waals surface area contributed by atoms with Crippen LogP contribution >= 0.6 is 0 Å². The van der Waals surface area contributed by atoms with Crippen LogP contribution in [0.3, 0.4) is 0 Å². The van der Waals surface area contributed by atoms with Crippen molar-refractivity contribution >= 4 is 5.91 Å². The zero-order chi connectivity index (χ0) is 13.7. The number of hydrogen-bond acceptors (Lipinski definition) is 3. The van der Waals surface area contributed by atoms with E-state index < -0.39 is 0 Å². The number of fused-ring (bicyclic) bond motifs is 2. The number of nitrogens with two attached hydrogens (primary N) is 1. The summed E-state index contributed by atoms with van der Waals surface area (Å²) in [5.74, 6) is -0.245. The maximum absolute atomic E-state index is 9.59. The third kappa shape index (κ3) is 3.14. The lowest BCUT2D eigenvalue weighted by molar-refractivity contribution is -0.117. The number of rotatable bonds is 1. The molecule has 2 aliphatic heterocycles. The monoisotopic (exact) mass is 262 g/mol. The van der Waals surface area contributed by atoms with Gasteiger partial charge in [0.1, 0.15) is 0 Å². The minimum Gasteiger partial charge on any atom is -0.370 e. The number of ether oxygens (including phenoxy) is 1. The Balaban J connectivity index is 0.000000232. The molecule has 1 aromatic carbocycles. The number of nitrogens with one attached hydrogen (secondary N) is 1. The summed E-state index contributed by atoms with van der Waals surface area (Å²) in [6, 6.07) is 8.64. The van der Waals surface area contributed by atoms with Crippen molar-refractivity contribution in [1.29, 1.82) is 0 Å². The zero-order valence-electron chi connectivity index (χ0n) is 11.4. The zero-order valence-corrected chi connectivity index (χ0v) is 11.4. The van der Waals surface area contributed by atoms with Crippen LogP contribution in [0.25, 0.3) is 0 Å². The van der Waals surface area contributed by atoms with Crippen LogP contribution in [-0.4, -0.2) is 19.0 Å². The van der Waals surface area contributed by atoms with Gasteiger partial charge in [0.15, 0.2) is 0 Å². The molecular formula is C15H22N2O2. The molecule has 0 aliphatic carbocycles. The maximum atomic E-state index is 9.59. The Bertz CT molecular complexity index is 434. The van der Waals surface area contributed by atoms with Crippen LogP contribution in [0.1, 0.15) is 37.3 Å². The Labute approximate surface area is 114 Å². The molecule has 1 fully saturated rings. The van der Waals surface area contributed by atoms with Gasteiger partial charge in [-0.1, -0.05) is 31.2 Å². The average molecular weight is 262 g/mol. The van der Waals surface area contributed by atoms with Crippen molar-refractivity contribution in [2.24, 2.45) is 5.73 Å². The van der Waals surface area contributed by atoms with Crippen LogP contribution in [0.15, 0.2) is 24.3 Å². The molecule has 0 bridgehead atoms. The largest absolute Gasteiger partial charge is 0.370 e. The Kier molecular flexibility index (Phi) is 4.56. The van der Waals surface area contributed by atoms with Gasteiger partial charge >= 0.3 is 0 Å². The highest BCUT2D eigenvalue weighted by molar-refractivity contribution is 5.73. The predicted molar refractivity (Wildman–Crippen MR) is 74.5 cm³/mol. The smallest absolute Gasteiger partial charge is 0.217 e. The van der Waals surface area contributed by atoms with Crippen molar-refractivity contribution in [3.8, 4) is 0 Å². The van der Waals surface area contributed by atoms with Crippen molar-refractivity contribution in [3.05, 3.63) is 35.4 Å². The second kappa shape index (κ2) is 6.17. The molecule has 4 nitrogen and oxygen atoms in total. The van der Waals surface area contributed by atoms with Gasteiger partial charge in [0.05, 0.1) is 12.2 Å². The maximum Gasteiger partial charge on any atom is 0.217 e. The number of carbonyl (C=O) groups excluding carboxylic acids is 1. The standard InChI is InChI=1S/C12H15NO.C3H7NO/c1-2-4-11-10(3-1)9-14-12(11)5-7-13-8-6-12;1-2-3(4)5/h1-4,13H,5-9H2;2H2,1H3,(H2,4,5). The average Bonchev–Trinajstić information content (AvgIpc) is 2.80. The van der Waals surface area contributed by atoms with Crippen LogP contribution in [0.2, 0.25) is 0 Å². The molecule has 1 aromatic rings. The summed E-state index contributed by atoms with van der Waals surface area (Å²) >= 11 is 0. The Hall–Kier alpha value is -1.39. The molecule has 0 atom stereocenters. The van der Waals surface area contributed by atoms with Gasteiger partial charge in [-0.25, -0.2) is 0 Å². The fourth-order valence-electron chi connectivity index (χ4n) is 2.63. The normalized spacial score (nSPS) is 19.4. The van der Waals surface area contributed by atoms with E-state index in [2.05, 4.69) is 35.3 Å². The van der Waals surface area contributed by atoms with Gasteiger partial charge in [-0.3, -0.25) is 4.79 Å². The molecule has 2 aliphatic rings. The summed E-state index contributed by atoms with van der Waals surface area (Å²) in [7, 11) is 0. The second-order valence-electron chi connectivity index (χ2n) is 5.01. The fourth-order valence-corrected chi connectivity index (χ4v) is 2.63. The number of carbonyl (C=O) groups is 1. The molecule has 0 unspecified atom stereocenters. The molecule has 3 N–H and O–H groups in total. The minimum absolute atomic E-state index is 0.0435. The van der Waals surface area contributed by atoms with Crippen LogP contribution < -0.4 is 11.1 Å². The Morgan fingerprint density at radius 1 is 1.37 bits per heavy atom. The van der Waals surface area contributed by atoms with E-state index in [-0.39, 0.29) is 11.5 Å². The molecule has 19 heavy (non-hydrogen) atoms. The highest BCUT2D eigenvalue weighted by atomic mass is 16.5. The van der Waals surface area contributed by atoms with E-state index in [4.69, 9.17) is 4.74 Å². The lowest BCUT2D eigenvalue weighted by atomic mass is 9.84. The molecule has 1 amide bonds. The van der Waals surface area contributed by atoms with Gasteiger partial charge in [0.2, 0.25) is 5.91 Å². The number of hydrogen-bond donors (Lipinski definition) is 2. The molecule has 1 spiro atoms. The van der Waals surface area contributed by atoms with E-state index >= 15 is 0 Å². The molecule has 104 valence electrons. The highest BCUT2D eigenvalue weighted by Crippen LogP contribution is 2.42. The molecule has 4 heteroatoms. The molecular weight excluding hydrogens is 240 g/mol. The first-order chi connectivity index (χ1) is 9.18. The third-order valence-electron chi connectivity index (χ3n) is 3.77. The quantitative estimate of drug-likeness (QED) is 0.809. The van der Waals surface area contributed by atoms with E-state index in [1.165, 1.54) is 11.1 Å². The van der Waals surface area contributed by atoms with Crippen molar-refractivity contribution in [2.75, 3.05) is 13.1 Å². The van der Waals surface area contributed by atoms with Gasteiger partial charge in [-0.05, 0) is 37.1 Å².